The third kappa shape index (κ3) is 4.11. The second kappa shape index (κ2) is 8.88. The van der Waals surface area contributed by atoms with Gasteiger partial charge in [0.05, 0.1) is 0 Å². The molecule has 0 bridgehead atoms. The quantitative estimate of drug-likeness (QED) is 0.687. The van der Waals surface area contributed by atoms with E-state index in [2.05, 4.69) is 11.9 Å². The van der Waals surface area contributed by atoms with Gasteiger partial charge in [0.1, 0.15) is 34.7 Å². The molecule has 2 N–H and O–H groups in total. The predicted molar refractivity (Wildman–Crippen MR) is 113 cm³/mol. The maximum absolute atomic E-state index is 13.7. The van der Waals surface area contributed by atoms with Crippen LogP contribution in [0, 0.1) is 11.6 Å². The Balaban J connectivity index is 1.70. The van der Waals surface area contributed by atoms with Crippen LogP contribution < -0.4 is 10.1 Å². The fourth-order valence-electron chi connectivity index (χ4n) is 3.77. The molecule has 32 heavy (non-hydrogen) atoms. The van der Waals surface area contributed by atoms with Crippen LogP contribution in [-0.4, -0.2) is 52.3 Å². The van der Waals surface area contributed by atoms with Crippen LogP contribution in [0.1, 0.15) is 12.0 Å². The van der Waals surface area contributed by atoms with E-state index in [0.29, 0.717) is 36.8 Å². The van der Waals surface area contributed by atoms with Gasteiger partial charge in [-0.1, -0.05) is 36.9 Å². The van der Waals surface area contributed by atoms with Gasteiger partial charge in [-0.15, -0.1) is 0 Å². The molecule has 1 unspecified atom stereocenters. The molecule has 1 atom stereocenters. The molecule has 0 fully saturated rings. The van der Waals surface area contributed by atoms with E-state index in [-0.39, 0.29) is 18.3 Å². The average Bonchev–Trinajstić information content (AvgIpc) is 3.10. The van der Waals surface area contributed by atoms with E-state index >= 15 is 0 Å². The van der Waals surface area contributed by atoms with Crippen LogP contribution in [0.3, 0.4) is 0 Å². The van der Waals surface area contributed by atoms with Gasteiger partial charge in [0.15, 0.2) is 0 Å². The van der Waals surface area contributed by atoms with Gasteiger partial charge in [0.2, 0.25) is 0 Å². The molecule has 0 spiro atoms. The van der Waals surface area contributed by atoms with Crippen molar-refractivity contribution in [3.63, 3.8) is 0 Å². The zero-order valence-corrected chi connectivity index (χ0v) is 17.6. The number of nitrogens with zero attached hydrogens (tertiary/aromatic N) is 3. The number of carbonyl (C=O) groups excluding carboxylic acids is 1. The average molecular weight is 442 g/mol. The summed E-state index contributed by atoms with van der Waals surface area (Å²) in [6.07, 6.45) is -0.492. The third-order valence-electron chi connectivity index (χ3n) is 5.36. The van der Waals surface area contributed by atoms with Crippen molar-refractivity contribution in [1.29, 1.82) is 0 Å². The van der Waals surface area contributed by atoms with E-state index in [1.807, 2.05) is 30.3 Å². The van der Waals surface area contributed by atoms with E-state index in [1.165, 1.54) is 4.90 Å². The molecule has 2 aromatic carbocycles. The Bertz CT molecular complexity index is 1040. The van der Waals surface area contributed by atoms with Gasteiger partial charge in [0.25, 0.3) is 12.3 Å². The molecule has 2 aliphatic heterocycles. The third-order valence-corrected chi connectivity index (χ3v) is 5.36. The van der Waals surface area contributed by atoms with Gasteiger partial charge in [-0.3, -0.25) is 9.69 Å². The van der Waals surface area contributed by atoms with E-state index in [9.17, 15) is 18.7 Å². The maximum atomic E-state index is 13.7. The van der Waals surface area contributed by atoms with Crippen molar-refractivity contribution in [2.24, 2.45) is 0 Å². The van der Waals surface area contributed by atoms with E-state index < -0.39 is 18.0 Å². The van der Waals surface area contributed by atoms with E-state index in [4.69, 9.17) is 4.74 Å². The van der Waals surface area contributed by atoms with Crippen LogP contribution >= 0.6 is 0 Å². The number of hydrogen-bond acceptors (Lipinski definition) is 6. The van der Waals surface area contributed by atoms with Crippen LogP contribution in [0.5, 0.6) is 5.75 Å². The smallest absolute Gasteiger partial charge is 0.279 e. The molecule has 0 saturated carbocycles. The minimum Gasteiger partial charge on any atom is -0.452 e. The Kier molecular flexibility index (Phi) is 6.00. The van der Waals surface area contributed by atoms with E-state index in [1.54, 1.807) is 16.8 Å². The van der Waals surface area contributed by atoms with Crippen LogP contribution in [0.4, 0.5) is 8.78 Å². The molecule has 0 saturated heterocycles. The van der Waals surface area contributed by atoms with Crippen molar-refractivity contribution in [1.82, 2.24) is 20.0 Å². The number of nitrogens with one attached hydrogen (secondary N) is 1. The number of ether oxygens (including phenoxy) is 1. The molecular formula is C23H24F2N4O3. The number of benzene rings is 2. The van der Waals surface area contributed by atoms with Crippen molar-refractivity contribution in [3.05, 3.63) is 89.6 Å². The summed E-state index contributed by atoms with van der Waals surface area (Å²) in [5.41, 5.74) is 1.27. The predicted octanol–water partition coefficient (Wildman–Crippen LogP) is 2.53. The monoisotopic (exact) mass is 442 g/mol. The largest absolute Gasteiger partial charge is 0.452 e. The summed E-state index contributed by atoms with van der Waals surface area (Å²) in [6.45, 7) is 4.55. The number of aliphatic hydroxyl groups is 1. The Morgan fingerprint density at radius 3 is 2.50 bits per heavy atom. The molecule has 9 heteroatoms. The molecule has 168 valence electrons. The number of carbonyl (C=O) groups is 1. The molecular weight excluding hydrogens is 418 g/mol. The molecule has 0 aliphatic carbocycles. The minimum absolute atomic E-state index is 0.0102. The van der Waals surface area contributed by atoms with Gasteiger partial charge in [-0.2, -0.15) is 0 Å². The minimum atomic E-state index is -0.890. The molecule has 0 radical (unpaired) electrons. The molecule has 2 aliphatic rings. The maximum Gasteiger partial charge on any atom is 0.279 e. The van der Waals surface area contributed by atoms with Crippen LogP contribution in [0.15, 0.2) is 72.4 Å². The van der Waals surface area contributed by atoms with Crippen LogP contribution in [0.25, 0.3) is 0 Å². The van der Waals surface area contributed by atoms with Crippen molar-refractivity contribution in [3.8, 4) is 5.75 Å². The lowest BCUT2D eigenvalue weighted by Gasteiger charge is -2.37. The molecule has 1 amide bonds. The Morgan fingerprint density at radius 1 is 1.16 bits per heavy atom. The highest BCUT2D eigenvalue weighted by Crippen LogP contribution is 2.34. The van der Waals surface area contributed by atoms with Crippen molar-refractivity contribution < 1.29 is 23.4 Å². The first kappa shape index (κ1) is 21.6. The highest BCUT2D eigenvalue weighted by molar-refractivity contribution is 5.96. The highest BCUT2D eigenvalue weighted by Gasteiger charge is 2.44. The molecule has 2 aromatic rings. The lowest BCUT2D eigenvalue weighted by atomic mass is 10.2. The van der Waals surface area contributed by atoms with Crippen LogP contribution in [0.2, 0.25) is 0 Å². The van der Waals surface area contributed by atoms with Crippen molar-refractivity contribution in [2.75, 3.05) is 20.2 Å². The van der Waals surface area contributed by atoms with Crippen molar-refractivity contribution >= 4 is 5.91 Å². The second-order valence-electron chi connectivity index (χ2n) is 7.54. The number of halogens is 2. The standard InChI is InChI=1S/C23H24F2N4O3/c1-15-27(2)21-20(22(31)28(15)9-6-10-30)29(14-16-7-4-3-5-8-16)23(26-21)32-19-12-17(24)11-18(25)13-19/h3-5,7-8,11-13,23,26,30H,1,6,9-10,14H2,2H3. The SMILES string of the molecule is C=C1N(C)C2=C(C(=O)N1CCCO)N(Cc1ccccc1)C(Oc1cc(F)cc(F)c1)N2. The first-order valence-electron chi connectivity index (χ1n) is 10.2. The van der Waals surface area contributed by atoms with Gasteiger partial charge < -0.3 is 25.0 Å². The summed E-state index contributed by atoms with van der Waals surface area (Å²) in [6, 6.07) is 12.4. The number of amides is 1. The summed E-state index contributed by atoms with van der Waals surface area (Å²) in [7, 11) is 1.76. The van der Waals surface area contributed by atoms with Gasteiger partial charge in [0, 0.05) is 44.9 Å². The lowest BCUT2D eigenvalue weighted by molar-refractivity contribution is -0.129. The summed E-state index contributed by atoms with van der Waals surface area (Å²) >= 11 is 0. The molecule has 7 nitrogen and oxygen atoms in total. The summed E-state index contributed by atoms with van der Waals surface area (Å²) < 4.78 is 33.3. The molecule has 0 aromatic heterocycles. The molecule has 4 rings (SSSR count). The van der Waals surface area contributed by atoms with Gasteiger partial charge in [-0.05, 0) is 12.0 Å². The van der Waals surface area contributed by atoms with Crippen LogP contribution in [-0.2, 0) is 11.3 Å². The number of rotatable bonds is 7. The molecule has 2 heterocycles. The summed E-state index contributed by atoms with van der Waals surface area (Å²) in [4.78, 5) is 18.4. The van der Waals surface area contributed by atoms with Gasteiger partial charge >= 0.3 is 0 Å². The summed E-state index contributed by atoms with van der Waals surface area (Å²) in [5, 5.41) is 12.4. The normalized spacial score (nSPS) is 18.2. The number of hydrogen-bond donors (Lipinski definition) is 2. The van der Waals surface area contributed by atoms with Crippen molar-refractivity contribution in [2.45, 2.75) is 19.3 Å². The Labute approximate surface area is 184 Å². The Morgan fingerprint density at radius 2 is 1.84 bits per heavy atom. The second-order valence-corrected chi connectivity index (χ2v) is 7.54. The number of aliphatic hydroxyl groups excluding tert-OH is 1. The fourth-order valence-corrected chi connectivity index (χ4v) is 3.77. The summed E-state index contributed by atoms with van der Waals surface area (Å²) in [5.74, 6) is -0.894. The fraction of sp³-hybridized carbons (Fsp3) is 0.261. The highest BCUT2D eigenvalue weighted by atomic mass is 19.1. The van der Waals surface area contributed by atoms with E-state index in [0.717, 1.165) is 23.8 Å². The first-order valence-corrected chi connectivity index (χ1v) is 10.2. The lowest BCUT2D eigenvalue weighted by Crippen LogP contribution is -2.46. The Hall–Kier alpha value is -3.59. The van der Waals surface area contributed by atoms with Gasteiger partial charge in [-0.25, -0.2) is 8.78 Å². The topological polar surface area (TPSA) is 68.3 Å². The zero-order chi connectivity index (χ0) is 22.8. The first-order chi connectivity index (χ1) is 15.4. The zero-order valence-electron chi connectivity index (χ0n) is 17.6.